The van der Waals surface area contributed by atoms with Crippen LogP contribution in [-0.4, -0.2) is 28.6 Å². The van der Waals surface area contributed by atoms with Gasteiger partial charge in [-0.15, -0.1) is 0 Å². The molecule has 0 bridgehead atoms. The number of ketones is 1. The molecule has 2 aromatic rings. The van der Waals surface area contributed by atoms with Crippen LogP contribution in [0, 0.1) is 13.8 Å². The SMILES string of the molecule is CC[C@]1(c2ccccc2)NC(=O)N(NC(=O)CCC(=O)c2ccc(C)c(C)c2)C1=O. The van der Waals surface area contributed by atoms with Gasteiger partial charge in [-0.1, -0.05) is 49.4 Å². The summed E-state index contributed by atoms with van der Waals surface area (Å²) in [5, 5.41) is 3.40. The van der Waals surface area contributed by atoms with Crippen LogP contribution < -0.4 is 10.7 Å². The summed E-state index contributed by atoms with van der Waals surface area (Å²) in [4.78, 5) is 50.1. The minimum absolute atomic E-state index is 0.0183. The molecule has 0 aromatic heterocycles. The van der Waals surface area contributed by atoms with Gasteiger partial charge in [0.2, 0.25) is 5.91 Å². The number of hydrogen-bond acceptors (Lipinski definition) is 4. The Labute approximate surface area is 175 Å². The van der Waals surface area contributed by atoms with Gasteiger partial charge in [-0.25, -0.2) is 4.79 Å². The molecule has 1 fully saturated rings. The summed E-state index contributed by atoms with van der Waals surface area (Å²) in [6.45, 7) is 5.67. The Morgan fingerprint density at radius 2 is 1.70 bits per heavy atom. The molecule has 1 atom stereocenters. The van der Waals surface area contributed by atoms with Gasteiger partial charge in [0, 0.05) is 18.4 Å². The largest absolute Gasteiger partial charge is 0.344 e. The van der Waals surface area contributed by atoms with E-state index < -0.39 is 23.4 Å². The van der Waals surface area contributed by atoms with E-state index in [-0.39, 0.29) is 18.6 Å². The van der Waals surface area contributed by atoms with E-state index in [1.165, 1.54) is 0 Å². The van der Waals surface area contributed by atoms with E-state index in [0.717, 1.165) is 11.1 Å². The number of aryl methyl sites for hydroxylation is 2. The van der Waals surface area contributed by atoms with Crippen LogP contribution in [0.1, 0.15) is 53.2 Å². The molecule has 2 N–H and O–H groups in total. The number of rotatable bonds is 7. The Balaban J connectivity index is 1.65. The van der Waals surface area contributed by atoms with Crippen molar-refractivity contribution in [1.82, 2.24) is 15.8 Å². The third-order valence-electron chi connectivity index (χ3n) is 5.53. The van der Waals surface area contributed by atoms with Gasteiger partial charge >= 0.3 is 6.03 Å². The number of urea groups is 1. The van der Waals surface area contributed by atoms with E-state index in [2.05, 4.69) is 10.7 Å². The van der Waals surface area contributed by atoms with Crippen molar-refractivity contribution < 1.29 is 19.2 Å². The molecule has 0 aliphatic carbocycles. The number of nitrogens with one attached hydrogen (secondary N) is 2. The monoisotopic (exact) mass is 407 g/mol. The molecule has 0 spiro atoms. The van der Waals surface area contributed by atoms with Gasteiger partial charge < -0.3 is 5.32 Å². The van der Waals surface area contributed by atoms with Crippen molar-refractivity contribution in [3.63, 3.8) is 0 Å². The summed E-state index contributed by atoms with van der Waals surface area (Å²) < 4.78 is 0. The maximum absolute atomic E-state index is 13.0. The number of benzene rings is 2. The number of carbonyl (C=O) groups excluding carboxylic acids is 4. The maximum Gasteiger partial charge on any atom is 0.344 e. The Morgan fingerprint density at radius 1 is 1.00 bits per heavy atom. The number of imide groups is 1. The van der Waals surface area contributed by atoms with Crippen molar-refractivity contribution in [2.75, 3.05) is 0 Å². The molecule has 7 nitrogen and oxygen atoms in total. The second-order valence-electron chi connectivity index (χ2n) is 7.45. The highest BCUT2D eigenvalue weighted by Gasteiger charge is 2.52. The lowest BCUT2D eigenvalue weighted by atomic mass is 9.87. The van der Waals surface area contributed by atoms with E-state index in [9.17, 15) is 19.2 Å². The van der Waals surface area contributed by atoms with E-state index in [0.29, 0.717) is 22.6 Å². The van der Waals surface area contributed by atoms with Crippen LogP contribution in [0.2, 0.25) is 0 Å². The third-order valence-corrected chi connectivity index (χ3v) is 5.53. The van der Waals surface area contributed by atoms with Crippen molar-refractivity contribution in [1.29, 1.82) is 0 Å². The quantitative estimate of drug-likeness (QED) is 0.544. The molecule has 4 amide bonds. The molecule has 3 rings (SSSR count). The van der Waals surface area contributed by atoms with Crippen molar-refractivity contribution in [2.45, 2.75) is 45.6 Å². The molecule has 0 unspecified atom stereocenters. The summed E-state index contributed by atoms with van der Waals surface area (Å²) in [7, 11) is 0. The van der Waals surface area contributed by atoms with E-state index in [4.69, 9.17) is 0 Å². The number of Topliss-reactive ketones (excluding diaryl/α,β-unsaturated/α-hetero) is 1. The summed E-state index contributed by atoms with van der Waals surface area (Å²) in [5.74, 6) is -1.29. The first-order chi connectivity index (χ1) is 14.3. The topological polar surface area (TPSA) is 95.6 Å². The summed E-state index contributed by atoms with van der Waals surface area (Å²) in [5.41, 5.74) is 4.39. The molecule has 1 saturated heterocycles. The third kappa shape index (κ3) is 3.96. The zero-order valence-electron chi connectivity index (χ0n) is 17.3. The first-order valence-electron chi connectivity index (χ1n) is 9.90. The number of hydrazine groups is 1. The van der Waals surface area contributed by atoms with Crippen molar-refractivity contribution in [3.05, 3.63) is 70.8 Å². The molecule has 1 aliphatic heterocycles. The second-order valence-corrected chi connectivity index (χ2v) is 7.45. The summed E-state index contributed by atoms with van der Waals surface area (Å²) in [6, 6.07) is 13.6. The Kier molecular flexibility index (Phi) is 6.01. The van der Waals surface area contributed by atoms with Gasteiger partial charge in [0.05, 0.1) is 0 Å². The average molecular weight is 407 g/mol. The smallest absolute Gasteiger partial charge is 0.318 e. The van der Waals surface area contributed by atoms with Gasteiger partial charge in [0.15, 0.2) is 5.78 Å². The number of nitrogens with zero attached hydrogens (tertiary/aromatic N) is 1. The number of carbonyl (C=O) groups is 4. The molecule has 0 saturated carbocycles. The fraction of sp³-hybridized carbons (Fsp3) is 0.304. The number of hydrogen-bond donors (Lipinski definition) is 2. The maximum atomic E-state index is 13.0. The lowest BCUT2D eigenvalue weighted by Gasteiger charge is -2.25. The van der Waals surface area contributed by atoms with Crippen LogP contribution in [0.25, 0.3) is 0 Å². The minimum Gasteiger partial charge on any atom is -0.318 e. The molecule has 1 heterocycles. The Hall–Kier alpha value is -3.48. The number of amides is 4. The molecule has 7 heteroatoms. The predicted octanol–water partition coefficient (Wildman–Crippen LogP) is 3.15. The molecule has 156 valence electrons. The molecule has 30 heavy (non-hydrogen) atoms. The van der Waals surface area contributed by atoms with Crippen molar-refractivity contribution in [3.8, 4) is 0 Å². The highest BCUT2D eigenvalue weighted by atomic mass is 16.2. The van der Waals surface area contributed by atoms with Gasteiger partial charge in [0.25, 0.3) is 5.91 Å². The van der Waals surface area contributed by atoms with Crippen LogP contribution in [0.5, 0.6) is 0 Å². The van der Waals surface area contributed by atoms with Crippen LogP contribution in [-0.2, 0) is 15.1 Å². The van der Waals surface area contributed by atoms with E-state index >= 15 is 0 Å². The lowest BCUT2D eigenvalue weighted by molar-refractivity contribution is -0.139. The minimum atomic E-state index is -1.22. The van der Waals surface area contributed by atoms with Gasteiger partial charge in [-0.2, -0.15) is 5.01 Å². The molecular weight excluding hydrogens is 382 g/mol. The van der Waals surface area contributed by atoms with E-state index in [1.807, 2.05) is 26.0 Å². The molecular formula is C23H25N3O4. The summed E-state index contributed by atoms with van der Waals surface area (Å²) in [6.07, 6.45) is 0.183. The molecule has 1 aliphatic rings. The van der Waals surface area contributed by atoms with Crippen LogP contribution in [0.4, 0.5) is 4.79 Å². The van der Waals surface area contributed by atoms with E-state index in [1.54, 1.807) is 43.3 Å². The first kappa shape index (κ1) is 21.2. The lowest BCUT2D eigenvalue weighted by Crippen LogP contribution is -2.48. The molecule has 0 radical (unpaired) electrons. The van der Waals surface area contributed by atoms with Crippen molar-refractivity contribution >= 4 is 23.6 Å². The zero-order chi connectivity index (χ0) is 21.9. The van der Waals surface area contributed by atoms with Crippen LogP contribution >= 0.6 is 0 Å². The second kappa shape index (κ2) is 8.49. The van der Waals surface area contributed by atoms with Gasteiger partial charge in [-0.05, 0) is 43.0 Å². The van der Waals surface area contributed by atoms with Crippen LogP contribution in [0.3, 0.4) is 0 Å². The van der Waals surface area contributed by atoms with Gasteiger partial charge in [0.1, 0.15) is 5.54 Å². The first-order valence-corrected chi connectivity index (χ1v) is 9.90. The highest BCUT2D eigenvalue weighted by Crippen LogP contribution is 2.31. The normalized spacial score (nSPS) is 18.3. The fourth-order valence-corrected chi connectivity index (χ4v) is 3.51. The predicted molar refractivity (Wildman–Crippen MR) is 111 cm³/mol. The van der Waals surface area contributed by atoms with Crippen LogP contribution in [0.15, 0.2) is 48.5 Å². The Morgan fingerprint density at radius 3 is 2.33 bits per heavy atom. The Bertz CT molecular complexity index is 1000. The van der Waals surface area contributed by atoms with Crippen molar-refractivity contribution in [2.24, 2.45) is 0 Å². The van der Waals surface area contributed by atoms with Gasteiger partial charge in [-0.3, -0.25) is 19.8 Å². The molecule has 2 aromatic carbocycles. The summed E-state index contributed by atoms with van der Waals surface area (Å²) >= 11 is 0. The zero-order valence-corrected chi connectivity index (χ0v) is 17.3. The highest BCUT2D eigenvalue weighted by molar-refractivity contribution is 6.08. The average Bonchev–Trinajstić information content (AvgIpc) is 2.99. The fourth-order valence-electron chi connectivity index (χ4n) is 3.51. The standard InChI is InChI=1S/C23H25N3O4/c1-4-23(18-8-6-5-7-9-18)21(29)26(22(30)24-23)25-20(28)13-12-19(27)17-11-10-15(2)16(3)14-17/h5-11,14H,4,12-13H2,1-3H3,(H,24,30)(H,25,28)/t23-/m1/s1.